The zero-order chi connectivity index (χ0) is 22.8. The summed E-state index contributed by atoms with van der Waals surface area (Å²) in [5.74, 6) is 0. The van der Waals surface area contributed by atoms with Gasteiger partial charge >= 0.3 is 6.09 Å². The Morgan fingerprint density at radius 2 is 1.87 bits per heavy atom. The average Bonchev–Trinajstić information content (AvgIpc) is 3.46. The molecule has 3 rings (SSSR count). The summed E-state index contributed by atoms with van der Waals surface area (Å²) in [4.78, 5) is 14.8. The number of carbonyl (C=O) groups excluding carboxylic acids is 1. The number of nitrogens with one attached hydrogen (secondary N) is 2. The summed E-state index contributed by atoms with van der Waals surface area (Å²) in [7, 11) is 0. The maximum absolute atomic E-state index is 12.0. The molecule has 4 N–H and O–H groups in total. The Bertz CT molecular complexity index is 578. The second kappa shape index (κ2) is 18.1. The molecule has 2 aliphatic heterocycles. The van der Waals surface area contributed by atoms with Crippen molar-refractivity contribution < 1.29 is 9.53 Å². The van der Waals surface area contributed by atoms with Gasteiger partial charge in [-0.15, -0.1) is 12.6 Å². The van der Waals surface area contributed by atoms with Gasteiger partial charge in [0.1, 0.15) is 6.61 Å². The van der Waals surface area contributed by atoms with Gasteiger partial charge in [0.05, 0.1) is 0 Å². The molecule has 0 aromatic heterocycles. The summed E-state index contributed by atoms with van der Waals surface area (Å²) < 4.78 is 5.35. The molecule has 1 atom stereocenters. The fourth-order valence-electron chi connectivity index (χ4n) is 2.85. The standard InChI is InChI=1S/C15H22N2O2.C4H8N2S.2C2H6/c1-2-17(11-14-9-6-10-16-14)15(18)19-12-13-7-4-3-5-8-13;5-3-1-6-2-4(3)7;2*1-2/h3-5,7-8,14,16H,2,6,9-12H2,1H3;6-7H,1-2,5H2;2*1-2H3. The highest BCUT2D eigenvalue weighted by molar-refractivity contribution is 7.84. The fourth-order valence-corrected chi connectivity index (χ4v) is 3.04. The topological polar surface area (TPSA) is 79.6 Å². The van der Waals surface area contributed by atoms with Crippen LogP contribution in [-0.4, -0.2) is 49.8 Å². The van der Waals surface area contributed by atoms with E-state index in [0.717, 1.165) is 48.8 Å². The van der Waals surface area contributed by atoms with Crippen LogP contribution in [0.3, 0.4) is 0 Å². The molecule has 6 nitrogen and oxygen atoms in total. The number of carbonyl (C=O) groups is 1. The largest absolute Gasteiger partial charge is 0.445 e. The highest BCUT2D eigenvalue weighted by Crippen LogP contribution is 2.09. The molecule has 0 spiro atoms. The monoisotopic (exact) mass is 438 g/mol. The number of benzene rings is 1. The maximum Gasteiger partial charge on any atom is 0.410 e. The first-order chi connectivity index (χ1) is 14.6. The van der Waals surface area contributed by atoms with Crippen LogP contribution in [0.4, 0.5) is 4.79 Å². The lowest BCUT2D eigenvalue weighted by Gasteiger charge is -2.23. The van der Waals surface area contributed by atoms with E-state index in [9.17, 15) is 4.79 Å². The number of amides is 1. The lowest BCUT2D eigenvalue weighted by Crippen LogP contribution is -2.41. The Morgan fingerprint density at radius 1 is 1.20 bits per heavy atom. The number of thiol groups is 1. The highest BCUT2D eigenvalue weighted by Gasteiger charge is 2.21. The Balaban J connectivity index is 0.000000636. The van der Waals surface area contributed by atoms with Gasteiger partial charge in [-0.05, 0) is 31.9 Å². The third-order valence-corrected chi connectivity index (χ3v) is 4.87. The van der Waals surface area contributed by atoms with E-state index in [4.69, 9.17) is 10.5 Å². The van der Waals surface area contributed by atoms with E-state index in [2.05, 4.69) is 23.3 Å². The van der Waals surface area contributed by atoms with Crippen molar-refractivity contribution in [1.29, 1.82) is 0 Å². The summed E-state index contributed by atoms with van der Waals surface area (Å²) >= 11 is 4.08. The quantitative estimate of drug-likeness (QED) is 0.520. The van der Waals surface area contributed by atoms with Crippen LogP contribution in [0.15, 0.2) is 40.9 Å². The molecular formula is C23H42N4O2S. The first-order valence-corrected chi connectivity index (χ1v) is 11.6. The highest BCUT2D eigenvalue weighted by atomic mass is 32.1. The molecule has 1 saturated heterocycles. The normalized spacial score (nSPS) is 16.9. The maximum atomic E-state index is 12.0. The predicted octanol–water partition coefficient (Wildman–Crippen LogP) is 4.14. The van der Waals surface area contributed by atoms with Gasteiger partial charge < -0.3 is 26.0 Å². The van der Waals surface area contributed by atoms with Crippen molar-refractivity contribution in [3.05, 3.63) is 46.5 Å². The molecule has 0 radical (unpaired) electrons. The van der Waals surface area contributed by atoms with E-state index in [1.54, 1.807) is 4.90 Å². The van der Waals surface area contributed by atoms with Crippen molar-refractivity contribution in [2.24, 2.45) is 5.73 Å². The fraction of sp³-hybridized carbons (Fsp3) is 0.609. The zero-order valence-electron chi connectivity index (χ0n) is 19.4. The van der Waals surface area contributed by atoms with Gasteiger partial charge in [0, 0.05) is 42.8 Å². The number of hydrogen-bond donors (Lipinski definition) is 4. The van der Waals surface area contributed by atoms with Crippen LogP contribution < -0.4 is 16.4 Å². The number of rotatable bonds is 5. The van der Waals surface area contributed by atoms with E-state index in [1.165, 1.54) is 6.42 Å². The molecule has 1 aromatic rings. The summed E-state index contributed by atoms with van der Waals surface area (Å²) in [6, 6.07) is 10.2. The van der Waals surface area contributed by atoms with Crippen molar-refractivity contribution in [2.45, 2.75) is 60.1 Å². The molecule has 0 aliphatic carbocycles. The first kappa shape index (κ1) is 28.3. The minimum absolute atomic E-state index is 0.222. The average molecular weight is 439 g/mol. The predicted molar refractivity (Wildman–Crippen MR) is 131 cm³/mol. The van der Waals surface area contributed by atoms with Crippen molar-refractivity contribution in [3.63, 3.8) is 0 Å². The number of nitrogens with two attached hydrogens (primary N) is 1. The van der Waals surface area contributed by atoms with Gasteiger partial charge in [0.15, 0.2) is 0 Å². The molecular weight excluding hydrogens is 396 g/mol. The second-order valence-electron chi connectivity index (χ2n) is 6.45. The first-order valence-electron chi connectivity index (χ1n) is 11.2. The van der Waals surface area contributed by atoms with Crippen LogP contribution in [0.5, 0.6) is 0 Å². The minimum Gasteiger partial charge on any atom is -0.445 e. The summed E-state index contributed by atoms with van der Waals surface area (Å²) in [6.45, 7) is 14.5. The SMILES string of the molecule is CC.CC.CCN(CC1CCCN1)C(=O)OCc1ccccc1.NC1=C(S)CNC1. The van der Waals surface area contributed by atoms with E-state index < -0.39 is 0 Å². The van der Waals surface area contributed by atoms with E-state index in [0.29, 0.717) is 19.2 Å². The smallest absolute Gasteiger partial charge is 0.410 e. The molecule has 30 heavy (non-hydrogen) atoms. The third-order valence-electron chi connectivity index (χ3n) is 4.43. The molecule has 1 aromatic carbocycles. The number of nitrogens with zero attached hydrogens (tertiary/aromatic N) is 1. The Kier molecular flexibility index (Phi) is 17.1. The van der Waals surface area contributed by atoms with Crippen LogP contribution in [-0.2, 0) is 11.3 Å². The summed E-state index contributed by atoms with van der Waals surface area (Å²) in [5, 5.41) is 6.45. The number of likely N-dealkylation sites (N-methyl/N-ethyl adjacent to an activating group) is 1. The van der Waals surface area contributed by atoms with Crippen LogP contribution in [0.1, 0.15) is 53.0 Å². The van der Waals surface area contributed by atoms with Crippen LogP contribution in [0.2, 0.25) is 0 Å². The molecule has 2 heterocycles. The van der Waals surface area contributed by atoms with Crippen molar-refractivity contribution in [1.82, 2.24) is 15.5 Å². The number of hydrogen-bond acceptors (Lipinski definition) is 6. The lowest BCUT2D eigenvalue weighted by atomic mass is 10.2. The van der Waals surface area contributed by atoms with Gasteiger partial charge in [-0.1, -0.05) is 58.0 Å². The van der Waals surface area contributed by atoms with Gasteiger partial charge in [-0.2, -0.15) is 0 Å². The van der Waals surface area contributed by atoms with Crippen molar-refractivity contribution in [3.8, 4) is 0 Å². The lowest BCUT2D eigenvalue weighted by molar-refractivity contribution is 0.0951. The van der Waals surface area contributed by atoms with Crippen LogP contribution >= 0.6 is 12.6 Å². The van der Waals surface area contributed by atoms with E-state index >= 15 is 0 Å². The molecule has 1 fully saturated rings. The molecule has 2 aliphatic rings. The molecule has 172 valence electrons. The van der Waals surface area contributed by atoms with Gasteiger partial charge in [0.2, 0.25) is 0 Å². The van der Waals surface area contributed by atoms with E-state index in [1.807, 2.05) is 65.0 Å². The van der Waals surface area contributed by atoms with Crippen molar-refractivity contribution >= 4 is 18.7 Å². The summed E-state index contributed by atoms with van der Waals surface area (Å²) in [6.07, 6.45) is 2.11. The Labute approximate surface area is 189 Å². The molecule has 1 unspecified atom stereocenters. The van der Waals surface area contributed by atoms with Gasteiger partial charge in [-0.25, -0.2) is 4.79 Å². The van der Waals surface area contributed by atoms with E-state index in [-0.39, 0.29) is 6.09 Å². The minimum atomic E-state index is -0.222. The molecule has 7 heteroatoms. The Hall–Kier alpha value is -1.70. The van der Waals surface area contributed by atoms with Gasteiger partial charge in [0.25, 0.3) is 0 Å². The Morgan fingerprint density at radius 3 is 2.30 bits per heavy atom. The molecule has 0 saturated carbocycles. The molecule has 0 bridgehead atoms. The zero-order valence-corrected chi connectivity index (χ0v) is 20.3. The van der Waals surface area contributed by atoms with Crippen molar-refractivity contribution in [2.75, 3.05) is 32.7 Å². The third kappa shape index (κ3) is 11.5. The van der Waals surface area contributed by atoms with Crippen LogP contribution in [0.25, 0.3) is 0 Å². The molecule has 1 amide bonds. The second-order valence-corrected chi connectivity index (χ2v) is 6.99. The van der Waals surface area contributed by atoms with Gasteiger partial charge in [-0.3, -0.25) is 0 Å². The number of ether oxygens (including phenoxy) is 1. The van der Waals surface area contributed by atoms with Crippen LogP contribution in [0, 0.1) is 0 Å². The summed E-state index contributed by atoms with van der Waals surface area (Å²) in [5.41, 5.74) is 7.32.